The Morgan fingerprint density at radius 3 is 3.00 bits per heavy atom. The Morgan fingerprint density at radius 2 is 2.45 bits per heavy atom. The molecule has 0 saturated heterocycles. The van der Waals surface area contributed by atoms with Crippen LogP contribution < -0.4 is 5.32 Å². The zero-order chi connectivity index (χ0) is 7.68. The number of hydrogen-bond donors (Lipinski definition) is 1. The van der Waals surface area contributed by atoms with E-state index in [1.807, 2.05) is 11.3 Å². The highest BCUT2D eigenvalue weighted by Gasteiger charge is 2.23. The molecule has 0 unspecified atom stereocenters. The Kier molecular flexibility index (Phi) is 1.96. The van der Waals surface area contributed by atoms with Crippen LogP contribution in [0, 0.1) is 0 Å². The van der Waals surface area contributed by atoms with Crippen LogP contribution in [0.15, 0.2) is 17.5 Å². The van der Waals surface area contributed by atoms with Gasteiger partial charge in [0.25, 0.3) is 0 Å². The molecule has 1 saturated carbocycles. The highest BCUT2D eigenvalue weighted by atomic mass is 32.1. The van der Waals surface area contributed by atoms with Crippen molar-refractivity contribution in [2.45, 2.75) is 31.8 Å². The number of rotatable bonds is 3. The van der Waals surface area contributed by atoms with Gasteiger partial charge in [-0.1, -0.05) is 6.07 Å². The highest BCUT2D eigenvalue weighted by molar-refractivity contribution is 7.10. The summed E-state index contributed by atoms with van der Waals surface area (Å²) in [5, 5.41) is 5.71. The second-order valence-corrected chi connectivity index (χ2v) is 4.16. The predicted octanol–water partition coefficient (Wildman–Crippen LogP) is 2.56. The largest absolute Gasteiger partial charge is 0.307 e. The first-order valence-corrected chi connectivity index (χ1v) is 5.03. The Balaban J connectivity index is 1.93. The predicted molar refractivity (Wildman–Crippen MR) is 48.9 cm³/mol. The van der Waals surface area contributed by atoms with Gasteiger partial charge in [0.1, 0.15) is 0 Å². The van der Waals surface area contributed by atoms with Gasteiger partial charge in [0.2, 0.25) is 0 Å². The van der Waals surface area contributed by atoms with Gasteiger partial charge in [0.05, 0.1) is 0 Å². The number of nitrogens with one attached hydrogen (secondary N) is 1. The van der Waals surface area contributed by atoms with Crippen molar-refractivity contribution in [1.82, 2.24) is 5.32 Å². The van der Waals surface area contributed by atoms with Crippen molar-refractivity contribution >= 4 is 11.3 Å². The van der Waals surface area contributed by atoms with E-state index in [9.17, 15) is 0 Å². The summed E-state index contributed by atoms with van der Waals surface area (Å²) >= 11 is 1.84. The Bertz CT molecular complexity index is 213. The van der Waals surface area contributed by atoms with Crippen LogP contribution in [0.3, 0.4) is 0 Å². The molecule has 1 aliphatic carbocycles. The van der Waals surface area contributed by atoms with Gasteiger partial charge in [-0.05, 0) is 31.2 Å². The molecule has 1 N–H and O–H groups in total. The molecule has 1 heterocycles. The average Bonchev–Trinajstić information content (AvgIpc) is 2.67. The maximum Gasteiger partial charge on any atom is 0.0388 e. The fourth-order valence-electron chi connectivity index (χ4n) is 1.22. The summed E-state index contributed by atoms with van der Waals surface area (Å²) in [5.41, 5.74) is 0. The third kappa shape index (κ3) is 1.82. The van der Waals surface area contributed by atoms with E-state index in [-0.39, 0.29) is 0 Å². The highest BCUT2D eigenvalue weighted by Crippen LogP contribution is 2.25. The molecule has 1 aromatic rings. The van der Waals surface area contributed by atoms with E-state index in [2.05, 4.69) is 29.8 Å². The number of thiophene rings is 1. The summed E-state index contributed by atoms with van der Waals surface area (Å²) in [4.78, 5) is 1.46. The van der Waals surface area contributed by atoms with Crippen molar-refractivity contribution in [3.8, 4) is 0 Å². The van der Waals surface area contributed by atoms with Crippen LogP contribution in [0.1, 0.15) is 30.7 Å². The maximum absolute atomic E-state index is 3.57. The molecule has 2 heteroatoms. The third-order valence-corrected chi connectivity index (χ3v) is 3.09. The monoisotopic (exact) mass is 167 g/mol. The van der Waals surface area contributed by atoms with Crippen LogP contribution in [0.5, 0.6) is 0 Å². The molecular weight excluding hydrogens is 154 g/mol. The van der Waals surface area contributed by atoms with Crippen molar-refractivity contribution in [2.75, 3.05) is 0 Å². The van der Waals surface area contributed by atoms with E-state index < -0.39 is 0 Å². The summed E-state index contributed by atoms with van der Waals surface area (Å²) in [5.74, 6) is 0. The van der Waals surface area contributed by atoms with Crippen molar-refractivity contribution in [3.63, 3.8) is 0 Å². The molecule has 1 aromatic heterocycles. The minimum Gasteiger partial charge on any atom is -0.307 e. The molecule has 1 fully saturated rings. The first-order valence-electron chi connectivity index (χ1n) is 4.16. The van der Waals surface area contributed by atoms with Gasteiger partial charge in [0.15, 0.2) is 0 Å². The van der Waals surface area contributed by atoms with Crippen LogP contribution in [-0.2, 0) is 0 Å². The van der Waals surface area contributed by atoms with E-state index in [1.54, 1.807) is 0 Å². The van der Waals surface area contributed by atoms with Crippen molar-refractivity contribution in [2.24, 2.45) is 0 Å². The molecule has 1 atom stereocenters. The molecule has 0 aromatic carbocycles. The summed E-state index contributed by atoms with van der Waals surface area (Å²) < 4.78 is 0. The second-order valence-electron chi connectivity index (χ2n) is 3.18. The first kappa shape index (κ1) is 7.32. The lowest BCUT2D eigenvalue weighted by Crippen LogP contribution is -2.19. The van der Waals surface area contributed by atoms with E-state index >= 15 is 0 Å². The maximum atomic E-state index is 3.57. The van der Waals surface area contributed by atoms with Gasteiger partial charge in [-0.3, -0.25) is 0 Å². The number of hydrogen-bond acceptors (Lipinski definition) is 2. The molecule has 11 heavy (non-hydrogen) atoms. The van der Waals surface area contributed by atoms with Crippen LogP contribution >= 0.6 is 11.3 Å². The molecule has 1 nitrogen and oxygen atoms in total. The molecular formula is C9H13NS. The van der Waals surface area contributed by atoms with Gasteiger partial charge in [0, 0.05) is 17.0 Å². The van der Waals surface area contributed by atoms with Crippen LogP contribution in [-0.4, -0.2) is 6.04 Å². The van der Waals surface area contributed by atoms with Crippen LogP contribution in [0.2, 0.25) is 0 Å². The Hall–Kier alpha value is -0.340. The minimum atomic E-state index is 0.558. The lowest BCUT2D eigenvalue weighted by molar-refractivity contribution is 0.579. The zero-order valence-electron chi connectivity index (χ0n) is 6.71. The zero-order valence-corrected chi connectivity index (χ0v) is 7.53. The summed E-state index contributed by atoms with van der Waals surface area (Å²) in [6.45, 7) is 2.24. The van der Waals surface area contributed by atoms with Crippen molar-refractivity contribution in [1.29, 1.82) is 0 Å². The minimum absolute atomic E-state index is 0.558. The smallest absolute Gasteiger partial charge is 0.0388 e. The van der Waals surface area contributed by atoms with E-state index in [4.69, 9.17) is 0 Å². The van der Waals surface area contributed by atoms with Gasteiger partial charge in [-0.2, -0.15) is 0 Å². The fraction of sp³-hybridized carbons (Fsp3) is 0.556. The third-order valence-electron chi connectivity index (χ3n) is 2.03. The molecule has 0 radical (unpaired) electrons. The molecule has 0 bridgehead atoms. The quantitative estimate of drug-likeness (QED) is 0.729. The lowest BCUT2D eigenvalue weighted by atomic mass is 10.3. The van der Waals surface area contributed by atoms with E-state index in [0.29, 0.717) is 6.04 Å². The lowest BCUT2D eigenvalue weighted by Gasteiger charge is -2.09. The molecule has 1 aliphatic rings. The van der Waals surface area contributed by atoms with Crippen molar-refractivity contribution in [3.05, 3.63) is 22.4 Å². The molecule has 60 valence electrons. The van der Waals surface area contributed by atoms with Gasteiger partial charge >= 0.3 is 0 Å². The normalized spacial score (nSPS) is 20.1. The molecule has 0 aliphatic heterocycles. The Morgan fingerprint density at radius 1 is 1.64 bits per heavy atom. The van der Waals surface area contributed by atoms with Gasteiger partial charge < -0.3 is 5.32 Å². The summed E-state index contributed by atoms with van der Waals surface area (Å²) in [6.07, 6.45) is 2.74. The van der Waals surface area contributed by atoms with Crippen LogP contribution in [0.25, 0.3) is 0 Å². The second kappa shape index (κ2) is 2.95. The van der Waals surface area contributed by atoms with Gasteiger partial charge in [-0.25, -0.2) is 0 Å². The average molecular weight is 167 g/mol. The van der Waals surface area contributed by atoms with E-state index in [1.165, 1.54) is 17.7 Å². The van der Waals surface area contributed by atoms with Crippen molar-refractivity contribution < 1.29 is 0 Å². The topological polar surface area (TPSA) is 12.0 Å². The SMILES string of the molecule is C[C@H](NC1CC1)c1cccs1. The first-order chi connectivity index (χ1) is 5.36. The molecule has 0 amide bonds. The van der Waals surface area contributed by atoms with E-state index in [0.717, 1.165) is 6.04 Å². The Labute approximate surface area is 71.4 Å². The van der Waals surface area contributed by atoms with Gasteiger partial charge in [-0.15, -0.1) is 11.3 Å². The standard InChI is InChI=1S/C9H13NS/c1-7(10-8-4-5-8)9-3-2-6-11-9/h2-3,6-8,10H,4-5H2,1H3/t7-/m0/s1. The molecule has 2 rings (SSSR count). The summed E-state index contributed by atoms with van der Waals surface area (Å²) in [7, 11) is 0. The summed E-state index contributed by atoms with van der Waals surface area (Å²) in [6, 6.07) is 5.69. The van der Waals surface area contributed by atoms with Crippen LogP contribution in [0.4, 0.5) is 0 Å². The fourth-order valence-corrected chi connectivity index (χ4v) is 1.97. The molecule has 0 spiro atoms.